The SMILES string of the molecule is CCOP(=O)([O-])Cc1ccc(CP(=O)([O-])OCC)cc1.O.O.[NH4+].[NH4+]. The molecule has 0 saturated heterocycles. The van der Waals surface area contributed by atoms with Crippen molar-refractivity contribution in [2.24, 2.45) is 0 Å². The van der Waals surface area contributed by atoms with Gasteiger partial charge in [-0.05, 0) is 25.0 Å². The van der Waals surface area contributed by atoms with E-state index in [9.17, 15) is 18.9 Å². The lowest BCUT2D eigenvalue weighted by molar-refractivity contribution is -0.200. The zero-order chi connectivity index (χ0) is 15.2. The number of rotatable bonds is 8. The second-order valence-corrected chi connectivity index (χ2v) is 7.78. The molecule has 12 N–H and O–H groups in total. The normalized spacial score (nSPS) is 14.5. The van der Waals surface area contributed by atoms with Crippen LogP contribution in [0.3, 0.4) is 0 Å². The van der Waals surface area contributed by atoms with Crippen LogP contribution in [0.5, 0.6) is 0 Å². The number of benzene rings is 1. The highest BCUT2D eigenvalue weighted by molar-refractivity contribution is 7.50. The van der Waals surface area contributed by atoms with E-state index in [2.05, 4.69) is 9.05 Å². The molecule has 12 heteroatoms. The molecule has 1 aromatic rings. The maximum Gasteiger partial charge on any atom is 0.139 e. The molecule has 1 aromatic carbocycles. The van der Waals surface area contributed by atoms with E-state index in [1.807, 2.05) is 0 Å². The van der Waals surface area contributed by atoms with Gasteiger partial charge in [0, 0.05) is 12.3 Å². The van der Waals surface area contributed by atoms with Crippen molar-refractivity contribution in [1.29, 1.82) is 0 Å². The third kappa shape index (κ3) is 11.8. The minimum Gasteiger partial charge on any atom is -0.778 e. The summed E-state index contributed by atoms with van der Waals surface area (Å²) in [7, 11) is -7.74. The van der Waals surface area contributed by atoms with Crippen LogP contribution in [0.2, 0.25) is 0 Å². The predicted octanol–water partition coefficient (Wildman–Crippen LogP) is 0.969. The predicted molar refractivity (Wildman–Crippen MR) is 91.5 cm³/mol. The van der Waals surface area contributed by atoms with Gasteiger partial charge in [0.1, 0.15) is 15.2 Å². The van der Waals surface area contributed by atoms with Crippen molar-refractivity contribution in [1.82, 2.24) is 12.3 Å². The quantitative estimate of drug-likeness (QED) is 0.610. The van der Waals surface area contributed by atoms with Crippen molar-refractivity contribution in [3.05, 3.63) is 35.4 Å². The molecule has 10 nitrogen and oxygen atoms in total. The van der Waals surface area contributed by atoms with Crippen molar-refractivity contribution in [2.75, 3.05) is 13.2 Å². The van der Waals surface area contributed by atoms with Gasteiger partial charge in [-0.1, -0.05) is 24.3 Å². The Morgan fingerprint density at radius 3 is 1.25 bits per heavy atom. The van der Waals surface area contributed by atoms with Gasteiger partial charge < -0.3 is 51.2 Å². The first-order chi connectivity index (χ1) is 9.28. The summed E-state index contributed by atoms with van der Waals surface area (Å²) in [4.78, 5) is 23.0. The molecule has 2 atom stereocenters. The molecule has 146 valence electrons. The first-order valence-corrected chi connectivity index (χ1v) is 9.70. The fourth-order valence-electron chi connectivity index (χ4n) is 1.68. The van der Waals surface area contributed by atoms with E-state index in [1.54, 1.807) is 38.1 Å². The van der Waals surface area contributed by atoms with Gasteiger partial charge in [0.15, 0.2) is 0 Å². The van der Waals surface area contributed by atoms with E-state index in [4.69, 9.17) is 0 Å². The minimum absolute atomic E-state index is 0. The van der Waals surface area contributed by atoms with Crippen LogP contribution in [0.25, 0.3) is 0 Å². The van der Waals surface area contributed by atoms with Crippen LogP contribution in [0.15, 0.2) is 24.3 Å². The first-order valence-electron chi connectivity index (χ1n) is 6.25. The van der Waals surface area contributed by atoms with Gasteiger partial charge in [-0.15, -0.1) is 0 Å². The summed E-state index contributed by atoms with van der Waals surface area (Å²) in [6, 6.07) is 6.30. The maximum atomic E-state index is 11.5. The Balaban J connectivity index is -0.000000500. The molecule has 0 saturated carbocycles. The lowest BCUT2D eigenvalue weighted by Gasteiger charge is -2.23. The highest BCUT2D eigenvalue weighted by Gasteiger charge is 2.11. The van der Waals surface area contributed by atoms with Gasteiger partial charge in [-0.3, -0.25) is 0 Å². The molecule has 0 amide bonds. The molecule has 0 spiro atoms. The monoisotopic (exact) mass is 392 g/mol. The van der Waals surface area contributed by atoms with Gasteiger partial charge >= 0.3 is 0 Å². The Morgan fingerprint density at radius 2 is 1.04 bits per heavy atom. The van der Waals surface area contributed by atoms with Crippen LogP contribution < -0.4 is 22.1 Å². The zero-order valence-electron chi connectivity index (χ0n) is 14.5. The highest BCUT2D eigenvalue weighted by Crippen LogP contribution is 2.42. The fourth-order valence-corrected chi connectivity index (χ4v) is 3.97. The van der Waals surface area contributed by atoms with Gasteiger partial charge in [0.05, 0.1) is 13.2 Å². The number of quaternary nitrogens is 2. The molecule has 0 aliphatic carbocycles. The van der Waals surface area contributed by atoms with E-state index in [0.29, 0.717) is 11.1 Å². The van der Waals surface area contributed by atoms with Crippen LogP contribution in [0.4, 0.5) is 0 Å². The van der Waals surface area contributed by atoms with Crippen LogP contribution in [0, 0.1) is 0 Å². The third-order valence-corrected chi connectivity index (χ3v) is 5.24. The second-order valence-electron chi connectivity index (χ2n) is 4.19. The standard InChI is InChI=1S/C12H20O6P2.2H3N.2H2O/c1-3-17-19(13,14)9-11-5-7-12(8-6-11)10-20(15,16)18-4-2;;;;/h5-8H,3-4,9-10H2,1-2H3,(H,13,14)(H,15,16);2*1H3;2*1H2. The Bertz CT molecular complexity index is 479. The number of hydrogen-bond acceptors (Lipinski definition) is 6. The lowest BCUT2D eigenvalue weighted by atomic mass is 10.2. The average Bonchev–Trinajstić information content (AvgIpc) is 2.30. The van der Waals surface area contributed by atoms with Crippen molar-refractivity contribution >= 4 is 15.2 Å². The summed E-state index contributed by atoms with van der Waals surface area (Å²) in [5.74, 6) is 0. The summed E-state index contributed by atoms with van der Waals surface area (Å²) in [5.41, 5.74) is 1.11. The molecule has 0 radical (unpaired) electrons. The molecule has 0 heterocycles. The molecular formula is C12H30N2O8P2. The Morgan fingerprint density at radius 1 is 0.792 bits per heavy atom. The van der Waals surface area contributed by atoms with E-state index < -0.39 is 15.2 Å². The smallest absolute Gasteiger partial charge is 0.139 e. The van der Waals surface area contributed by atoms with Gasteiger partial charge in [0.25, 0.3) is 0 Å². The zero-order valence-corrected chi connectivity index (χ0v) is 16.3. The van der Waals surface area contributed by atoms with Crippen LogP contribution in [-0.2, 0) is 30.5 Å². The van der Waals surface area contributed by atoms with E-state index >= 15 is 0 Å². The molecule has 0 bridgehead atoms. The molecule has 0 aliphatic rings. The fraction of sp³-hybridized carbons (Fsp3) is 0.500. The molecule has 1 rings (SSSR count). The van der Waals surface area contributed by atoms with Crippen molar-refractivity contribution in [3.63, 3.8) is 0 Å². The molecule has 0 fully saturated rings. The third-order valence-electron chi connectivity index (χ3n) is 2.43. The van der Waals surface area contributed by atoms with E-state index in [1.165, 1.54) is 0 Å². The molecule has 0 aromatic heterocycles. The Hall–Kier alpha value is -0.640. The lowest BCUT2D eigenvalue weighted by Crippen LogP contribution is -2.08. The van der Waals surface area contributed by atoms with Crippen LogP contribution in [-0.4, -0.2) is 24.2 Å². The van der Waals surface area contributed by atoms with E-state index in [0.717, 1.165) is 0 Å². The van der Waals surface area contributed by atoms with Crippen molar-refractivity contribution in [2.45, 2.75) is 26.2 Å². The van der Waals surface area contributed by atoms with Crippen LogP contribution in [0.1, 0.15) is 25.0 Å². The molecule has 0 aliphatic heterocycles. The topological polar surface area (TPSA) is 235 Å². The van der Waals surface area contributed by atoms with Crippen molar-refractivity contribution in [3.8, 4) is 0 Å². The van der Waals surface area contributed by atoms with Crippen LogP contribution >= 0.6 is 15.2 Å². The first kappa shape index (κ1) is 31.2. The number of hydrogen-bond donors (Lipinski definition) is 2. The van der Waals surface area contributed by atoms with Gasteiger partial charge in [-0.25, -0.2) is 0 Å². The minimum atomic E-state index is -3.87. The summed E-state index contributed by atoms with van der Waals surface area (Å²) in [5, 5.41) is 0. The maximum absolute atomic E-state index is 11.5. The van der Waals surface area contributed by atoms with E-state index in [-0.39, 0.29) is 48.8 Å². The molecular weight excluding hydrogens is 362 g/mol. The highest BCUT2D eigenvalue weighted by atomic mass is 31.2. The summed E-state index contributed by atoms with van der Waals surface area (Å²) in [6.07, 6.45) is -0.413. The Labute approximate surface area is 142 Å². The van der Waals surface area contributed by atoms with Gasteiger partial charge in [0.2, 0.25) is 0 Å². The van der Waals surface area contributed by atoms with Crippen molar-refractivity contribution < 1.29 is 38.9 Å². The Kier molecular flexibility index (Phi) is 17.7. The average molecular weight is 392 g/mol. The largest absolute Gasteiger partial charge is 0.778 e. The summed E-state index contributed by atoms with van der Waals surface area (Å²) in [6.45, 7) is 3.42. The molecule has 2 unspecified atom stereocenters. The molecule has 24 heavy (non-hydrogen) atoms. The summed E-state index contributed by atoms with van der Waals surface area (Å²) >= 11 is 0. The summed E-state index contributed by atoms with van der Waals surface area (Å²) < 4.78 is 32.3. The second kappa shape index (κ2) is 13.6. The van der Waals surface area contributed by atoms with Gasteiger partial charge in [-0.2, -0.15) is 0 Å².